The molecule has 1 aromatic carbocycles. The van der Waals surface area contributed by atoms with Gasteiger partial charge < -0.3 is 14.8 Å². The van der Waals surface area contributed by atoms with Gasteiger partial charge in [0.25, 0.3) is 0 Å². The number of anilines is 1. The van der Waals surface area contributed by atoms with E-state index in [1.807, 2.05) is 0 Å². The predicted octanol–water partition coefficient (Wildman–Crippen LogP) is 1.82. The van der Waals surface area contributed by atoms with E-state index in [4.69, 9.17) is 0 Å². The van der Waals surface area contributed by atoms with Gasteiger partial charge in [0.15, 0.2) is 0 Å². The molecule has 0 fully saturated rings. The maximum atomic E-state index is 11.5. The molecule has 0 saturated carbocycles. The minimum Gasteiger partial charge on any atom is -0.468 e. The van der Waals surface area contributed by atoms with Crippen molar-refractivity contribution in [3.05, 3.63) is 28.2 Å². The van der Waals surface area contributed by atoms with Gasteiger partial charge in [-0.05, 0) is 28.1 Å². The van der Waals surface area contributed by atoms with Crippen LogP contribution in [-0.4, -0.2) is 32.7 Å². The van der Waals surface area contributed by atoms with Crippen LogP contribution in [0.1, 0.15) is 10.4 Å². The number of rotatable bonds is 4. The largest absolute Gasteiger partial charge is 0.468 e. The topological polar surface area (TPSA) is 64.6 Å². The summed E-state index contributed by atoms with van der Waals surface area (Å²) in [4.78, 5) is 22.5. The Bertz CT molecular complexity index is 433. The highest BCUT2D eigenvalue weighted by molar-refractivity contribution is 9.10. The van der Waals surface area contributed by atoms with Gasteiger partial charge in [0.2, 0.25) is 0 Å². The Hall–Kier alpha value is -1.56. The molecule has 0 unspecified atom stereocenters. The number of ether oxygens (including phenoxy) is 2. The first kappa shape index (κ1) is 13.5. The number of carbonyl (C=O) groups is 2. The smallest absolute Gasteiger partial charge is 0.340 e. The monoisotopic (exact) mass is 301 g/mol. The highest BCUT2D eigenvalue weighted by Crippen LogP contribution is 2.26. The number of carbonyl (C=O) groups excluding carboxylic acids is 2. The second-order valence-electron chi connectivity index (χ2n) is 3.08. The van der Waals surface area contributed by atoms with Gasteiger partial charge in [-0.1, -0.05) is 6.07 Å². The molecule has 0 heterocycles. The van der Waals surface area contributed by atoms with E-state index in [0.29, 0.717) is 15.7 Å². The van der Waals surface area contributed by atoms with Crippen LogP contribution in [0.5, 0.6) is 0 Å². The lowest BCUT2D eigenvalue weighted by atomic mass is 10.2. The van der Waals surface area contributed by atoms with Crippen molar-refractivity contribution < 1.29 is 19.1 Å². The van der Waals surface area contributed by atoms with Crippen LogP contribution in [0.15, 0.2) is 22.7 Å². The number of esters is 2. The number of methoxy groups -OCH3 is 2. The first-order valence-electron chi connectivity index (χ1n) is 4.77. The molecule has 0 radical (unpaired) electrons. The third kappa shape index (κ3) is 3.45. The molecule has 1 aromatic rings. The standard InChI is InChI=1S/C11H12BrNO4/c1-16-9(14)6-13-10-7(11(15)17-2)4-3-5-8(10)12/h3-5,13H,6H2,1-2H3. The summed E-state index contributed by atoms with van der Waals surface area (Å²) < 4.78 is 9.83. The van der Waals surface area contributed by atoms with Crippen LogP contribution in [0.4, 0.5) is 5.69 Å². The van der Waals surface area contributed by atoms with Crippen molar-refractivity contribution in [1.29, 1.82) is 0 Å². The molecule has 0 aliphatic carbocycles. The van der Waals surface area contributed by atoms with E-state index >= 15 is 0 Å². The molecule has 6 heteroatoms. The quantitative estimate of drug-likeness (QED) is 0.860. The van der Waals surface area contributed by atoms with Crippen molar-refractivity contribution in [3.8, 4) is 0 Å². The first-order chi connectivity index (χ1) is 8.10. The Kier molecular flexibility index (Phi) is 4.96. The Morgan fingerprint density at radius 2 is 2.00 bits per heavy atom. The lowest BCUT2D eigenvalue weighted by molar-refractivity contribution is -0.138. The SMILES string of the molecule is COC(=O)CNc1c(Br)cccc1C(=O)OC. The van der Waals surface area contributed by atoms with Gasteiger partial charge in [0.1, 0.15) is 6.54 Å². The maximum Gasteiger partial charge on any atom is 0.340 e. The van der Waals surface area contributed by atoms with E-state index in [0.717, 1.165) is 0 Å². The molecule has 0 spiro atoms. The molecule has 0 saturated heterocycles. The summed E-state index contributed by atoms with van der Waals surface area (Å²) in [7, 11) is 2.60. The van der Waals surface area contributed by atoms with E-state index < -0.39 is 11.9 Å². The zero-order valence-electron chi connectivity index (χ0n) is 9.45. The molecule has 0 atom stereocenters. The fraction of sp³-hybridized carbons (Fsp3) is 0.273. The number of hydrogen-bond donors (Lipinski definition) is 1. The molecule has 1 N–H and O–H groups in total. The minimum absolute atomic E-state index is 0.0247. The third-order valence-corrected chi connectivity index (χ3v) is 2.72. The number of para-hydroxylation sites is 1. The lowest BCUT2D eigenvalue weighted by Gasteiger charge is -2.11. The van der Waals surface area contributed by atoms with Gasteiger partial charge in [-0.2, -0.15) is 0 Å². The summed E-state index contributed by atoms with van der Waals surface area (Å²) in [6.07, 6.45) is 0. The fourth-order valence-electron chi connectivity index (χ4n) is 1.22. The summed E-state index contributed by atoms with van der Waals surface area (Å²) in [6, 6.07) is 5.07. The molecule has 0 aromatic heterocycles. The van der Waals surface area contributed by atoms with Crippen LogP contribution in [0, 0.1) is 0 Å². The Balaban J connectivity index is 2.95. The zero-order valence-corrected chi connectivity index (χ0v) is 11.0. The Labute approximate surface area is 107 Å². The second-order valence-corrected chi connectivity index (χ2v) is 3.94. The van der Waals surface area contributed by atoms with Gasteiger partial charge >= 0.3 is 11.9 Å². The Morgan fingerprint density at radius 1 is 1.29 bits per heavy atom. The van der Waals surface area contributed by atoms with Crippen molar-refractivity contribution in [2.45, 2.75) is 0 Å². The van der Waals surface area contributed by atoms with Crippen LogP contribution in [-0.2, 0) is 14.3 Å². The van der Waals surface area contributed by atoms with Crippen molar-refractivity contribution in [2.75, 3.05) is 26.1 Å². The summed E-state index contributed by atoms with van der Waals surface area (Å²) >= 11 is 3.29. The zero-order chi connectivity index (χ0) is 12.8. The van der Waals surface area contributed by atoms with Crippen LogP contribution in [0.25, 0.3) is 0 Å². The van der Waals surface area contributed by atoms with Gasteiger partial charge in [0.05, 0.1) is 25.5 Å². The van der Waals surface area contributed by atoms with Crippen molar-refractivity contribution in [2.24, 2.45) is 0 Å². The number of benzene rings is 1. The van der Waals surface area contributed by atoms with Crippen LogP contribution in [0.2, 0.25) is 0 Å². The fourth-order valence-corrected chi connectivity index (χ4v) is 1.72. The Morgan fingerprint density at radius 3 is 2.59 bits per heavy atom. The summed E-state index contributed by atoms with van der Waals surface area (Å²) in [5.74, 6) is -0.893. The number of nitrogens with one attached hydrogen (secondary N) is 1. The highest BCUT2D eigenvalue weighted by atomic mass is 79.9. The van der Waals surface area contributed by atoms with E-state index in [1.54, 1.807) is 18.2 Å². The van der Waals surface area contributed by atoms with Crippen molar-refractivity contribution in [1.82, 2.24) is 0 Å². The molecule has 5 nitrogen and oxygen atoms in total. The summed E-state index contributed by atoms with van der Waals surface area (Å²) in [6.45, 7) is -0.0247. The van der Waals surface area contributed by atoms with Crippen molar-refractivity contribution >= 4 is 33.6 Å². The van der Waals surface area contributed by atoms with Gasteiger partial charge in [0, 0.05) is 4.47 Å². The average Bonchev–Trinajstić information content (AvgIpc) is 2.35. The molecule has 0 amide bonds. The van der Waals surface area contributed by atoms with E-state index in [9.17, 15) is 9.59 Å². The third-order valence-electron chi connectivity index (χ3n) is 2.06. The number of halogens is 1. The van der Waals surface area contributed by atoms with Crippen LogP contribution in [0.3, 0.4) is 0 Å². The highest BCUT2D eigenvalue weighted by Gasteiger charge is 2.14. The average molecular weight is 302 g/mol. The van der Waals surface area contributed by atoms with Gasteiger partial charge in [-0.3, -0.25) is 4.79 Å². The van der Waals surface area contributed by atoms with E-state index in [2.05, 4.69) is 30.7 Å². The molecular formula is C11H12BrNO4. The van der Waals surface area contributed by atoms with Gasteiger partial charge in [-0.25, -0.2) is 4.79 Å². The van der Waals surface area contributed by atoms with E-state index in [1.165, 1.54) is 14.2 Å². The molecule has 17 heavy (non-hydrogen) atoms. The maximum absolute atomic E-state index is 11.5. The molecule has 0 aliphatic rings. The molecule has 0 bridgehead atoms. The number of hydrogen-bond acceptors (Lipinski definition) is 5. The molecule has 1 rings (SSSR count). The first-order valence-corrected chi connectivity index (χ1v) is 5.57. The second kappa shape index (κ2) is 6.24. The summed E-state index contributed by atoms with van der Waals surface area (Å²) in [5.41, 5.74) is 0.857. The summed E-state index contributed by atoms with van der Waals surface area (Å²) in [5, 5.41) is 2.83. The molecular weight excluding hydrogens is 290 g/mol. The lowest BCUT2D eigenvalue weighted by Crippen LogP contribution is -2.17. The van der Waals surface area contributed by atoms with Crippen molar-refractivity contribution in [3.63, 3.8) is 0 Å². The predicted molar refractivity (Wildman–Crippen MR) is 66.0 cm³/mol. The normalized spacial score (nSPS) is 9.59. The van der Waals surface area contributed by atoms with Crippen LogP contribution < -0.4 is 5.32 Å². The molecule has 92 valence electrons. The van der Waals surface area contributed by atoms with Gasteiger partial charge in [-0.15, -0.1) is 0 Å². The van der Waals surface area contributed by atoms with E-state index in [-0.39, 0.29) is 6.54 Å². The minimum atomic E-state index is -0.473. The van der Waals surface area contributed by atoms with Crippen LogP contribution >= 0.6 is 15.9 Å². The molecule has 0 aliphatic heterocycles.